The van der Waals surface area contributed by atoms with Gasteiger partial charge in [-0.2, -0.15) is 0 Å². The molecule has 2 heteroatoms. The number of fused-ring (bicyclic) bond motifs is 5. The van der Waals surface area contributed by atoms with Crippen LogP contribution in [0.1, 0.15) is 57.1 Å². The molecule has 1 N–H and O–H groups in total. The third kappa shape index (κ3) is 2.43. The van der Waals surface area contributed by atoms with E-state index in [0.29, 0.717) is 6.04 Å². The summed E-state index contributed by atoms with van der Waals surface area (Å²) in [6.07, 6.45) is 8.60. The maximum atomic E-state index is 6.02. The van der Waals surface area contributed by atoms with Gasteiger partial charge in [0.2, 0.25) is 0 Å². The predicted octanol–water partition coefficient (Wildman–Crippen LogP) is 5.21. The number of hydrogen-bond acceptors (Lipinski definition) is 1. The highest BCUT2D eigenvalue weighted by molar-refractivity contribution is 6.30. The van der Waals surface area contributed by atoms with E-state index in [2.05, 4.69) is 24.4 Å². The van der Waals surface area contributed by atoms with Crippen molar-refractivity contribution in [3.8, 4) is 0 Å². The normalized spacial score (nSPS) is 38.7. The van der Waals surface area contributed by atoms with Gasteiger partial charge in [-0.1, -0.05) is 37.1 Å². The Morgan fingerprint density at radius 1 is 1.10 bits per heavy atom. The monoisotopic (exact) mass is 303 g/mol. The minimum atomic E-state index is 0.492. The maximum Gasteiger partial charge on any atom is 0.0406 e. The molecule has 1 aromatic rings. The molecule has 1 nitrogen and oxygen atoms in total. The first kappa shape index (κ1) is 14.1. The van der Waals surface area contributed by atoms with Gasteiger partial charge < -0.3 is 5.32 Å². The first-order valence-electron chi connectivity index (χ1n) is 8.77. The molecule has 0 aliphatic heterocycles. The topological polar surface area (TPSA) is 12.0 Å². The van der Waals surface area contributed by atoms with Gasteiger partial charge in [-0.15, -0.1) is 0 Å². The quantitative estimate of drug-likeness (QED) is 0.805. The van der Waals surface area contributed by atoms with Crippen LogP contribution in [0, 0.1) is 23.7 Å². The molecule has 2 bridgehead atoms. The molecule has 3 aliphatic carbocycles. The summed E-state index contributed by atoms with van der Waals surface area (Å²) >= 11 is 6.02. The average molecular weight is 304 g/mol. The molecule has 0 saturated heterocycles. The zero-order chi connectivity index (χ0) is 14.4. The van der Waals surface area contributed by atoms with Crippen molar-refractivity contribution in [1.29, 1.82) is 0 Å². The van der Waals surface area contributed by atoms with Crippen LogP contribution in [-0.2, 0) is 0 Å². The van der Waals surface area contributed by atoms with Crippen molar-refractivity contribution in [3.63, 3.8) is 0 Å². The van der Waals surface area contributed by atoms with Crippen LogP contribution in [0.15, 0.2) is 24.3 Å². The van der Waals surface area contributed by atoms with E-state index >= 15 is 0 Å². The van der Waals surface area contributed by atoms with E-state index in [1.807, 2.05) is 12.1 Å². The Morgan fingerprint density at radius 2 is 1.86 bits per heavy atom. The van der Waals surface area contributed by atoms with Gasteiger partial charge in [0.05, 0.1) is 0 Å². The van der Waals surface area contributed by atoms with E-state index in [-0.39, 0.29) is 0 Å². The van der Waals surface area contributed by atoms with Gasteiger partial charge in [0.15, 0.2) is 0 Å². The van der Waals surface area contributed by atoms with Gasteiger partial charge in [-0.05, 0) is 73.5 Å². The fourth-order valence-corrected chi connectivity index (χ4v) is 5.79. The largest absolute Gasteiger partial charge is 0.307 e. The molecule has 3 saturated carbocycles. The van der Waals surface area contributed by atoms with Crippen LogP contribution in [0.5, 0.6) is 0 Å². The number of hydrogen-bond donors (Lipinski definition) is 1. The van der Waals surface area contributed by atoms with E-state index in [4.69, 9.17) is 11.6 Å². The van der Waals surface area contributed by atoms with E-state index in [9.17, 15) is 0 Å². The molecule has 3 fully saturated rings. The summed E-state index contributed by atoms with van der Waals surface area (Å²) < 4.78 is 0. The third-order valence-corrected chi connectivity index (χ3v) is 6.78. The predicted molar refractivity (Wildman–Crippen MR) is 88.5 cm³/mol. The fraction of sp³-hybridized carbons (Fsp3) is 0.684. The van der Waals surface area contributed by atoms with Crippen molar-refractivity contribution in [2.45, 2.75) is 57.5 Å². The molecule has 114 valence electrons. The third-order valence-electron chi connectivity index (χ3n) is 6.52. The van der Waals surface area contributed by atoms with Crippen LogP contribution in [-0.4, -0.2) is 6.04 Å². The van der Waals surface area contributed by atoms with Gasteiger partial charge in [0.1, 0.15) is 0 Å². The Balaban J connectivity index is 1.46. The van der Waals surface area contributed by atoms with Gasteiger partial charge in [-0.25, -0.2) is 0 Å². The van der Waals surface area contributed by atoms with Crippen molar-refractivity contribution in [1.82, 2.24) is 5.32 Å². The number of benzene rings is 1. The van der Waals surface area contributed by atoms with Crippen LogP contribution in [0.25, 0.3) is 0 Å². The van der Waals surface area contributed by atoms with Crippen LogP contribution in [0.2, 0.25) is 5.02 Å². The summed E-state index contributed by atoms with van der Waals surface area (Å²) in [6, 6.07) is 9.68. The summed E-state index contributed by atoms with van der Waals surface area (Å²) in [6.45, 7) is 2.29. The first-order valence-corrected chi connectivity index (χ1v) is 9.15. The molecule has 0 aromatic heterocycles. The molecule has 21 heavy (non-hydrogen) atoms. The lowest BCUT2D eigenvalue weighted by Crippen LogP contribution is -2.41. The molecule has 0 radical (unpaired) electrons. The Labute approximate surface area is 133 Å². The van der Waals surface area contributed by atoms with Gasteiger partial charge >= 0.3 is 0 Å². The summed E-state index contributed by atoms with van der Waals surface area (Å²) in [5.41, 5.74) is 1.40. The molecule has 6 unspecified atom stereocenters. The second kappa shape index (κ2) is 5.59. The SMILES string of the molecule is CCC(NC1CC2CC1C1CCCC21)c1ccc(Cl)cc1. The summed E-state index contributed by atoms with van der Waals surface area (Å²) in [7, 11) is 0. The highest BCUT2D eigenvalue weighted by Crippen LogP contribution is 2.58. The van der Waals surface area contributed by atoms with E-state index in [0.717, 1.165) is 41.2 Å². The lowest BCUT2D eigenvalue weighted by Gasteiger charge is -2.34. The second-order valence-corrected chi connectivity index (χ2v) is 7.88. The van der Waals surface area contributed by atoms with E-state index in [1.54, 1.807) is 0 Å². The van der Waals surface area contributed by atoms with Gasteiger partial charge in [-0.3, -0.25) is 0 Å². The standard InChI is InChI=1S/C19H26ClN/c1-2-18(12-6-8-14(20)9-7-12)21-19-11-13-10-17(19)16-5-3-4-15(13)16/h6-9,13,15-19,21H,2-5,10-11H2,1H3. The molecule has 6 atom stereocenters. The van der Waals surface area contributed by atoms with E-state index < -0.39 is 0 Å². The minimum Gasteiger partial charge on any atom is -0.307 e. The molecular formula is C19H26ClN. The Hall–Kier alpha value is -0.530. The zero-order valence-corrected chi connectivity index (χ0v) is 13.7. The molecular weight excluding hydrogens is 278 g/mol. The van der Waals surface area contributed by atoms with Crippen LogP contribution in [0.3, 0.4) is 0 Å². The Morgan fingerprint density at radius 3 is 2.62 bits per heavy atom. The Kier molecular flexibility index (Phi) is 3.75. The Bertz CT molecular complexity index is 497. The van der Waals surface area contributed by atoms with Gasteiger partial charge in [0.25, 0.3) is 0 Å². The van der Waals surface area contributed by atoms with Crippen LogP contribution in [0.4, 0.5) is 0 Å². The zero-order valence-electron chi connectivity index (χ0n) is 12.9. The average Bonchev–Trinajstić information content (AvgIpc) is 3.18. The highest BCUT2D eigenvalue weighted by atomic mass is 35.5. The molecule has 0 heterocycles. The van der Waals surface area contributed by atoms with Crippen molar-refractivity contribution < 1.29 is 0 Å². The lowest BCUT2D eigenvalue weighted by atomic mass is 9.78. The lowest BCUT2D eigenvalue weighted by molar-refractivity contribution is 0.197. The molecule has 0 amide bonds. The van der Waals surface area contributed by atoms with Crippen molar-refractivity contribution >= 4 is 11.6 Å². The maximum absolute atomic E-state index is 6.02. The molecule has 3 aliphatic rings. The smallest absolute Gasteiger partial charge is 0.0406 e. The molecule has 1 aromatic carbocycles. The number of halogens is 1. The fourth-order valence-electron chi connectivity index (χ4n) is 5.66. The summed E-state index contributed by atoms with van der Waals surface area (Å²) in [4.78, 5) is 0. The summed E-state index contributed by atoms with van der Waals surface area (Å²) in [5.74, 6) is 4.12. The highest BCUT2D eigenvalue weighted by Gasteiger charge is 2.53. The molecule has 4 rings (SSSR count). The molecule has 0 spiro atoms. The second-order valence-electron chi connectivity index (χ2n) is 7.44. The van der Waals surface area contributed by atoms with Gasteiger partial charge in [0, 0.05) is 17.1 Å². The van der Waals surface area contributed by atoms with Crippen molar-refractivity contribution in [2.24, 2.45) is 23.7 Å². The van der Waals surface area contributed by atoms with Crippen LogP contribution < -0.4 is 5.32 Å². The first-order chi connectivity index (χ1) is 10.3. The number of nitrogens with one attached hydrogen (secondary N) is 1. The van der Waals surface area contributed by atoms with Crippen molar-refractivity contribution in [2.75, 3.05) is 0 Å². The minimum absolute atomic E-state index is 0.492. The van der Waals surface area contributed by atoms with E-state index in [1.165, 1.54) is 37.7 Å². The summed E-state index contributed by atoms with van der Waals surface area (Å²) in [5, 5.41) is 4.84. The number of rotatable bonds is 4. The van der Waals surface area contributed by atoms with Crippen LogP contribution >= 0.6 is 11.6 Å². The van der Waals surface area contributed by atoms with Crippen molar-refractivity contribution in [3.05, 3.63) is 34.9 Å².